The minimum absolute atomic E-state index is 0.0360. The van der Waals surface area contributed by atoms with Crippen molar-refractivity contribution < 1.29 is 8.42 Å². The zero-order chi connectivity index (χ0) is 20.1. The van der Waals surface area contributed by atoms with Crippen molar-refractivity contribution in [2.75, 3.05) is 19.6 Å². The molecule has 2 aromatic carbocycles. The van der Waals surface area contributed by atoms with E-state index < -0.39 is 10.0 Å². The number of sulfonamides is 1. The van der Waals surface area contributed by atoms with Gasteiger partial charge in [-0.2, -0.15) is 0 Å². The molecule has 3 aromatic rings. The number of aromatic nitrogens is 1. The fourth-order valence-electron chi connectivity index (χ4n) is 4.12. The Hall–Kier alpha value is -2.28. The normalized spacial score (nSPS) is 18.1. The van der Waals surface area contributed by atoms with E-state index in [1.165, 1.54) is 10.9 Å². The molecule has 0 spiro atoms. The molecule has 1 aliphatic heterocycles. The van der Waals surface area contributed by atoms with Crippen molar-refractivity contribution in [2.24, 2.45) is 5.92 Å². The minimum Gasteiger partial charge on any atom is -0.299 e. The van der Waals surface area contributed by atoms with Crippen molar-refractivity contribution in [3.8, 4) is 0 Å². The van der Waals surface area contributed by atoms with E-state index in [1.807, 2.05) is 42.7 Å². The van der Waals surface area contributed by atoms with E-state index in [4.69, 9.17) is 0 Å². The summed E-state index contributed by atoms with van der Waals surface area (Å²) < 4.78 is 27.7. The smallest absolute Gasteiger partial charge is 0.215 e. The Morgan fingerprint density at radius 3 is 2.79 bits per heavy atom. The third kappa shape index (κ3) is 5.41. The number of nitrogens with zero attached hydrogens (tertiary/aromatic N) is 2. The van der Waals surface area contributed by atoms with Crippen molar-refractivity contribution in [2.45, 2.75) is 25.1 Å². The lowest BCUT2D eigenvalue weighted by atomic mass is 9.97. The first kappa shape index (κ1) is 20.0. The summed E-state index contributed by atoms with van der Waals surface area (Å²) in [5, 5.41) is 2.40. The molecule has 1 aliphatic rings. The van der Waals surface area contributed by atoms with Gasteiger partial charge >= 0.3 is 0 Å². The summed E-state index contributed by atoms with van der Waals surface area (Å²) in [4.78, 5) is 6.65. The number of hydrogen-bond donors (Lipinski definition) is 1. The molecule has 1 aromatic heterocycles. The Kier molecular flexibility index (Phi) is 6.23. The second-order valence-electron chi connectivity index (χ2n) is 7.85. The van der Waals surface area contributed by atoms with Crippen LogP contribution in [0.5, 0.6) is 0 Å². The molecule has 5 nitrogen and oxygen atoms in total. The van der Waals surface area contributed by atoms with Crippen LogP contribution in [0.1, 0.15) is 24.0 Å². The van der Waals surface area contributed by atoms with Crippen LogP contribution >= 0.6 is 0 Å². The fourth-order valence-corrected chi connectivity index (χ4v) is 5.34. The first-order chi connectivity index (χ1) is 14.1. The number of benzene rings is 2. The van der Waals surface area contributed by atoms with E-state index in [-0.39, 0.29) is 5.75 Å². The van der Waals surface area contributed by atoms with Crippen LogP contribution in [-0.4, -0.2) is 37.9 Å². The summed E-state index contributed by atoms with van der Waals surface area (Å²) in [6.07, 6.45) is 5.90. The molecule has 1 atom stereocenters. The molecule has 0 radical (unpaired) electrons. The Balaban J connectivity index is 1.35. The molecule has 0 amide bonds. The van der Waals surface area contributed by atoms with Gasteiger partial charge in [-0.25, -0.2) is 13.1 Å². The van der Waals surface area contributed by atoms with Crippen molar-refractivity contribution in [3.05, 3.63) is 78.1 Å². The van der Waals surface area contributed by atoms with Gasteiger partial charge in [0, 0.05) is 37.4 Å². The zero-order valence-corrected chi connectivity index (χ0v) is 17.3. The maximum absolute atomic E-state index is 12.4. The van der Waals surface area contributed by atoms with Crippen LogP contribution in [-0.2, 0) is 22.3 Å². The lowest BCUT2D eigenvalue weighted by molar-refractivity contribution is 0.169. The van der Waals surface area contributed by atoms with Gasteiger partial charge in [0.05, 0.1) is 5.75 Å². The van der Waals surface area contributed by atoms with Crippen molar-refractivity contribution in [1.82, 2.24) is 14.6 Å². The molecule has 6 heteroatoms. The van der Waals surface area contributed by atoms with E-state index in [0.717, 1.165) is 43.4 Å². The summed E-state index contributed by atoms with van der Waals surface area (Å²) in [6, 6.07) is 17.7. The number of nitrogens with one attached hydrogen (secondary N) is 1. The van der Waals surface area contributed by atoms with E-state index in [1.54, 1.807) is 0 Å². The van der Waals surface area contributed by atoms with Gasteiger partial charge in [-0.05, 0) is 47.9 Å². The van der Waals surface area contributed by atoms with E-state index in [9.17, 15) is 8.42 Å². The highest BCUT2D eigenvalue weighted by atomic mass is 32.2. The molecule has 1 N–H and O–H groups in total. The van der Waals surface area contributed by atoms with Crippen LogP contribution in [0.4, 0.5) is 0 Å². The molecule has 0 saturated carbocycles. The number of pyridine rings is 1. The van der Waals surface area contributed by atoms with Crippen molar-refractivity contribution >= 4 is 20.8 Å². The Morgan fingerprint density at radius 1 is 1.07 bits per heavy atom. The summed E-state index contributed by atoms with van der Waals surface area (Å²) in [7, 11) is -3.31. The largest absolute Gasteiger partial charge is 0.299 e. The third-order valence-corrected chi connectivity index (χ3v) is 6.88. The van der Waals surface area contributed by atoms with Gasteiger partial charge < -0.3 is 0 Å². The monoisotopic (exact) mass is 409 g/mol. The lowest BCUT2D eigenvalue weighted by Gasteiger charge is -2.33. The average Bonchev–Trinajstić information content (AvgIpc) is 2.73. The molecule has 0 bridgehead atoms. The molecule has 1 unspecified atom stereocenters. The highest BCUT2D eigenvalue weighted by Crippen LogP contribution is 2.23. The van der Waals surface area contributed by atoms with Crippen LogP contribution < -0.4 is 4.72 Å². The van der Waals surface area contributed by atoms with Crippen LogP contribution in [0.25, 0.3) is 10.8 Å². The van der Waals surface area contributed by atoms with Crippen molar-refractivity contribution in [1.29, 1.82) is 0 Å². The maximum atomic E-state index is 12.4. The topological polar surface area (TPSA) is 62.3 Å². The molecule has 152 valence electrons. The predicted molar refractivity (Wildman–Crippen MR) is 117 cm³/mol. The first-order valence-corrected chi connectivity index (χ1v) is 11.8. The SMILES string of the molecule is O=S(=O)(Cc1ccccc1)NCC1CCCN(Cc2cccc3cnccc23)C1. The highest BCUT2D eigenvalue weighted by molar-refractivity contribution is 7.88. The van der Waals surface area contributed by atoms with Crippen LogP contribution in [0.15, 0.2) is 67.0 Å². The van der Waals surface area contributed by atoms with Gasteiger partial charge in [-0.1, -0.05) is 48.5 Å². The second kappa shape index (κ2) is 9.03. The van der Waals surface area contributed by atoms with Crippen LogP contribution in [0, 0.1) is 5.92 Å². The summed E-state index contributed by atoms with van der Waals surface area (Å²) >= 11 is 0. The number of likely N-dealkylation sites (tertiary alicyclic amines) is 1. The molecule has 4 rings (SSSR count). The third-order valence-electron chi connectivity index (χ3n) is 5.56. The van der Waals surface area contributed by atoms with Gasteiger partial charge in [0.1, 0.15) is 0 Å². The maximum Gasteiger partial charge on any atom is 0.215 e. The van der Waals surface area contributed by atoms with Gasteiger partial charge in [0.15, 0.2) is 0 Å². The van der Waals surface area contributed by atoms with Crippen LogP contribution in [0.3, 0.4) is 0 Å². The van der Waals surface area contributed by atoms with E-state index >= 15 is 0 Å². The summed E-state index contributed by atoms with van der Waals surface area (Å²) in [5.74, 6) is 0.375. The zero-order valence-electron chi connectivity index (χ0n) is 16.5. The van der Waals surface area contributed by atoms with Gasteiger partial charge in [0.2, 0.25) is 10.0 Å². The molecule has 1 saturated heterocycles. The quantitative estimate of drug-likeness (QED) is 0.648. The standard InChI is InChI=1S/C23H27N3O2S/c27-29(28,18-19-6-2-1-3-7-19)25-14-20-8-5-13-26(16-20)17-22-10-4-9-21-15-24-12-11-23(21)22/h1-4,6-7,9-12,15,20,25H,5,8,13-14,16-18H2. The van der Waals surface area contributed by atoms with Gasteiger partial charge in [-0.3, -0.25) is 9.88 Å². The Bertz CT molecular complexity index is 1050. The minimum atomic E-state index is -3.31. The molecular formula is C23H27N3O2S. The molecule has 1 fully saturated rings. The van der Waals surface area contributed by atoms with E-state index in [2.05, 4.69) is 38.9 Å². The van der Waals surface area contributed by atoms with Gasteiger partial charge in [-0.15, -0.1) is 0 Å². The van der Waals surface area contributed by atoms with E-state index in [0.29, 0.717) is 12.5 Å². The lowest BCUT2D eigenvalue weighted by Crippen LogP contribution is -2.40. The Morgan fingerprint density at radius 2 is 1.93 bits per heavy atom. The molecule has 0 aliphatic carbocycles. The second-order valence-corrected chi connectivity index (χ2v) is 9.66. The first-order valence-electron chi connectivity index (χ1n) is 10.1. The molecular weight excluding hydrogens is 382 g/mol. The fraction of sp³-hybridized carbons (Fsp3) is 0.348. The summed E-state index contributed by atoms with van der Waals surface area (Å²) in [5.41, 5.74) is 2.12. The molecule has 29 heavy (non-hydrogen) atoms. The molecule has 2 heterocycles. The number of rotatable bonds is 7. The highest BCUT2D eigenvalue weighted by Gasteiger charge is 2.22. The predicted octanol–water partition coefficient (Wildman–Crippen LogP) is 3.57. The number of fused-ring (bicyclic) bond motifs is 1. The van der Waals surface area contributed by atoms with Crippen LogP contribution in [0.2, 0.25) is 0 Å². The summed E-state index contributed by atoms with van der Waals surface area (Å²) in [6.45, 7) is 3.35. The number of piperidine rings is 1. The van der Waals surface area contributed by atoms with Crippen molar-refractivity contribution in [3.63, 3.8) is 0 Å². The number of hydrogen-bond acceptors (Lipinski definition) is 4. The Labute approximate surface area is 172 Å². The van der Waals surface area contributed by atoms with Gasteiger partial charge in [0.25, 0.3) is 0 Å². The average molecular weight is 410 g/mol.